The molecule has 102 valence electrons. The van der Waals surface area contributed by atoms with Crippen LogP contribution in [-0.2, 0) is 4.79 Å². The van der Waals surface area contributed by atoms with E-state index in [1.807, 2.05) is 25.7 Å². The van der Waals surface area contributed by atoms with Gasteiger partial charge in [0.05, 0.1) is 22.8 Å². The summed E-state index contributed by atoms with van der Waals surface area (Å²) in [7, 11) is 0. The normalized spacial score (nSPS) is 10.1. The summed E-state index contributed by atoms with van der Waals surface area (Å²) in [6.45, 7) is 6.59. The second-order valence-electron chi connectivity index (χ2n) is 4.48. The summed E-state index contributed by atoms with van der Waals surface area (Å²) >= 11 is 6.00. The molecule has 0 spiro atoms. The van der Waals surface area contributed by atoms with E-state index >= 15 is 0 Å². The Morgan fingerprint density at radius 2 is 2.21 bits per heavy atom. The first kappa shape index (κ1) is 15.3. The van der Waals surface area contributed by atoms with E-state index in [1.165, 1.54) is 0 Å². The number of nitrogens with zero attached hydrogens (tertiary/aromatic N) is 2. The molecule has 1 amide bonds. The Bertz CT molecular complexity index is 494. The van der Waals surface area contributed by atoms with Crippen LogP contribution < -0.4 is 10.2 Å². The highest BCUT2D eigenvalue weighted by Gasteiger charge is 2.15. The number of anilines is 1. The van der Waals surface area contributed by atoms with E-state index in [1.54, 1.807) is 18.2 Å². The van der Waals surface area contributed by atoms with Gasteiger partial charge in [-0.3, -0.25) is 4.79 Å². The highest BCUT2D eigenvalue weighted by Crippen LogP contribution is 2.26. The molecule has 1 rings (SSSR count). The van der Waals surface area contributed by atoms with Gasteiger partial charge in [0.1, 0.15) is 6.07 Å². The van der Waals surface area contributed by atoms with Crippen molar-refractivity contribution in [1.82, 2.24) is 5.32 Å². The molecule has 0 saturated heterocycles. The average molecular weight is 280 g/mol. The molecule has 0 heterocycles. The summed E-state index contributed by atoms with van der Waals surface area (Å²) in [5.41, 5.74) is 1.10. The molecule has 0 aromatic heterocycles. The Kier molecular flexibility index (Phi) is 5.65. The number of halogens is 1. The average Bonchev–Trinajstić information content (AvgIpc) is 2.34. The Labute approximate surface area is 119 Å². The quantitative estimate of drug-likeness (QED) is 0.901. The van der Waals surface area contributed by atoms with E-state index in [9.17, 15) is 4.79 Å². The first-order valence-corrected chi connectivity index (χ1v) is 6.60. The molecule has 0 saturated carbocycles. The number of hydrogen-bond donors (Lipinski definition) is 1. The van der Waals surface area contributed by atoms with Crippen molar-refractivity contribution in [3.05, 3.63) is 28.8 Å². The van der Waals surface area contributed by atoms with Crippen molar-refractivity contribution in [2.24, 2.45) is 0 Å². The molecule has 0 aliphatic heterocycles. The standard InChI is InChI=1S/C14H18ClN3O/c1-4-18(9-14(19)17-10(2)3)13-7-5-6-12(15)11(13)8-16/h5-7,10H,4,9H2,1-3H3,(H,17,19). The zero-order valence-corrected chi connectivity index (χ0v) is 12.2. The molecule has 0 fully saturated rings. The molecule has 1 aromatic rings. The van der Waals surface area contributed by atoms with Crippen LogP contribution in [0.2, 0.25) is 5.02 Å². The first-order chi connectivity index (χ1) is 8.99. The summed E-state index contributed by atoms with van der Waals surface area (Å²) in [6, 6.07) is 7.44. The number of amides is 1. The van der Waals surface area contributed by atoms with Gasteiger partial charge in [0.2, 0.25) is 5.91 Å². The second kappa shape index (κ2) is 7.01. The van der Waals surface area contributed by atoms with Gasteiger partial charge in [-0.2, -0.15) is 5.26 Å². The van der Waals surface area contributed by atoms with Crippen LogP contribution in [0.1, 0.15) is 26.3 Å². The van der Waals surface area contributed by atoms with Gasteiger partial charge in [-0.1, -0.05) is 17.7 Å². The molecule has 5 heteroatoms. The third-order valence-electron chi connectivity index (χ3n) is 2.61. The van der Waals surface area contributed by atoms with Crippen LogP contribution in [-0.4, -0.2) is 25.0 Å². The molecular weight excluding hydrogens is 262 g/mol. The fourth-order valence-corrected chi connectivity index (χ4v) is 2.01. The van der Waals surface area contributed by atoms with Crippen LogP contribution in [0.5, 0.6) is 0 Å². The van der Waals surface area contributed by atoms with Gasteiger partial charge in [0.25, 0.3) is 0 Å². The molecule has 0 aliphatic rings. The topological polar surface area (TPSA) is 56.1 Å². The smallest absolute Gasteiger partial charge is 0.239 e. The molecule has 4 nitrogen and oxygen atoms in total. The van der Waals surface area contributed by atoms with Crippen molar-refractivity contribution in [3.63, 3.8) is 0 Å². The highest BCUT2D eigenvalue weighted by atomic mass is 35.5. The summed E-state index contributed by atoms with van der Waals surface area (Å²) in [5, 5.41) is 12.4. The predicted octanol–water partition coefficient (Wildman–Crippen LogP) is 2.56. The number of carbonyl (C=O) groups excluding carboxylic acids is 1. The number of rotatable bonds is 5. The van der Waals surface area contributed by atoms with E-state index < -0.39 is 0 Å². The summed E-state index contributed by atoms with van der Waals surface area (Å²) < 4.78 is 0. The van der Waals surface area contributed by atoms with E-state index in [4.69, 9.17) is 16.9 Å². The van der Waals surface area contributed by atoms with Crippen molar-refractivity contribution in [1.29, 1.82) is 5.26 Å². The van der Waals surface area contributed by atoms with Gasteiger partial charge < -0.3 is 10.2 Å². The van der Waals surface area contributed by atoms with Gasteiger partial charge in [-0.15, -0.1) is 0 Å². The lowest BCUT2D eigenvalue weighted by Crippen LogP contribution is -2.40. The van der Waals surface area contributed by atoms with Gasteiger partial charge in [0, 0.05) is 12.6 Å². The monoisotopic (exact) mass is 279 g/mol. The number of likely N-dealkylation sites (N-methyl/N-ethyl adjacent to an activating group) is 1. The van der Waals surface area contributed by atoms with Crippen molar-refractivity contribution in [3.8, 4) is 6.07 Å². The third-order valence-corrected chi connectivity index (χ3v) is 2.92. The Balaban J connectivity index is 2.95. The van der Waals surface area contributed by atoms with Crippen molar-refractivity contribution >= 4 is 23.2 Å². The summed E-state index contributed by atoms with van der Waals surface area (Å²) in [5.74, 6) is -0.0688. The predicted molar refractivity (Wildman–Crippen MR) is 77.3 cm³/mol. The second-order valence-corrected chi connectivity index (χ2v) is 4.89. The number of benzene rings is 1. The van der Waals surface area contributed by atoms with E-state index in [-0.39, 0.29) is 18.5 Å². The van der Waals surface area contributed by atoms with E-state index in [0.717, 1.165) is 0 Å². The maximum Gasteiger partial charge on any atom is 0.239 e. The number of carbonyl (C=O) groups is 1. The molecule has 0 unspecified atom stereocenters. The van der Waals surface area contributed by atoms with Crippen LogP contribution in [0.15, 0.2) is 18.2 Å². The van der Waals surface area contributed by atoms with Crippen LogP contribution in [0.3, 0.4) is 0 Å². The zero-order chi connectivity index (χ0) is 14.4. The van der Waals surface area contributed by atoms with Gasteiger partial charge >= 0.3 is 0 Å². The van der Waals surface area contributed by atoms with Crippen LogP contribution in [0, 0.1) is 11.3 Å². The first-order valence-electron chi connectivity index (χ1n) is 6.22. The maximum atomic E-state index is 11.8. The van der Waals surface area contributed by atoms with Crippen LogP contribution in [0.25, 0.3) is 0 Å². The summed E-state index contributed by atoms with van der Waals surface area (Å²) in [4.78, 5) is 13.6. The minimum absolute atomic E-state index is 0.0688. The van der Waals surface area contributed by atoms with Crippen molar-refractivity contribution < 1.29 is 4.79 Å². The lowest BCUT2D eigenvalue weighted by Gasteiger charge is -2.24. The Morgan fingerprint density at radius 3 is 2.74 bits per heavy atom. The molecule has 0 atom stereocenters. The molecule has 0 aliphatic carbocycles. The minimum atomic E-state index is -0.0688. The van der Waals surface area contributed by atoms with E-state index in [2.05, 4.69) is 11.4 Å². The maximum absolute atomic E-state index is 11.8. The van der Waals surface area contributed by atoms with Gasteiger partial charge in [-0.25, -0.2) is 0 Å². The van der Waals surface area contributed by atoms with Crippen molar-refractivity contribution in [2.75, 3.05) is 18.0 Å². The molecule has 0 bridgehead atoms. The van der Waals surface area contributed by atoms with Gasteiger partial charge in [0.15, 0.2) is 0 Å². The SMILES string of the molecule is CCN(CC(=O)NC(C)C)c1cccc(Cl)c1C#N. The third kappa shape index (κ3) is 4.15. The lowest BCUT2D eigenvalue weighted by atomic mass is 10.1. The Morgan fingerprint density at radius 1 is 1.53 bits per heavy atom. The molecule has 1 N–H and O–H groups in total. The molecule has 1 aromatic carbocycles. The molecule has 19 heavy (non-hydrogen) atoms. The fourth-order valence-electron chi connectivity index (χ4n) is 1.80. The van der Waals surface area contributed by atoms with Crippen LogP contribution in [0.4, 0.5) is 5.69 Å². The largest absolute Gasteiger partial charge is 0.361 e. The van der Waals surface area contributed by atoms with E-state index in [0.29, 0.717) is 22.8 Å². The van der Waals surface area contributed by atoms with Crippen molar-refractivity contribution in [2.45, 2.75) is 26.8 Å². The lowest BCUT2D eigenvalue weighted by molar-refractivity contribution is -0.120. The zero-order valence-electron chi connectivity index (χ0n) is 11.4. The number of nitriles is 1. The highest BCUT2D eigenvalue weighted by molar-refractivity contribution is 6.32. The fraction of sp³-hybridized carbons (Fsp3) is 0.429. The van der Waals surface area contributed by atoms with Gasteiger partial charge in [-0.05, 0) is 32.9 Å². The molecule has 0 radical (unpaired) electrons. The Hall–Kier alpha value is -1.73. The summed E-state index contributed by atoms with van der Waals surface area (Å²) in [6.07, 6.45) is 0. The number of nitrogens with one attached hydrogen (secondary N) is 1. The molecular formula is C14H18ClN3O. The minimum Gasteiger partial charge on any atom is -0.361 e. The number of hydrogen-bond acceptors (Lipinski definition) is 3. The van der Waals surface area contributed by atoms with Crippen LogP contribution >= 0.6 is 11.6 Å².